The van der Waals surface area contributed by atoms with Gasteiger partial charge >= 0.3 is 6.03 Å². The molecule has 6 heteroatoms. The zero-order chi connectivity index (χ0) is 17.6. The van der Waals surface area contributed by atoms with Crippen LogP contribution in [0.15, 0.2) is 40.8 Å². The summed E-state index contributed by atoms with van der Waals surface area (Å²) in [5.41, 5.74) is 1.18. The van der Waals surface area contributed by atoms with Gasteiger partial charge in [-0.2, -0.15) is 0 Å². The average molecular weight is 344 g/mol. The van der Waals surface area contributed by atoms with E-state index in [0.717, 1.165) is 17.9 Å². The highest BCUT2D eigenvalue weighted by Gasteiger charge is 2.22. The Morgan fingerprint density at radius 1 is 1.32 bits per heavy atom. The van der Waals surface area contributed by atoms with Gasteiger partial charge in [0.15, 0.2) is 0 Å². The number of carbonyl (C=O) groups excluding carboxylic acids is 1. The third-order valence-corrected chi connectivity index (χ3v) is 4.25. The summed E-state index contributed by atoms with van der Waals surface area (Å²) in [5, 5.41) is 5.82. The molecule has 1 aliphatic heterocycles. The summed E-state index contributed by atoms with van der Waals surface area (Å²) in [4.78, 5) is 12.2. The van der Waals surface area contributed by atoms with Crippen molar-refractivity contribution in [1.29, 1.82) is 0 Å². The lowest BCUT2D eigenvalue weighted by Crippen LogP contribution is -2.43. The van der Waals surface area contributed by atoms with Crippen LogP contribution in [0.4, 0.5) is 4.79 Å². The van der Waals surface area contributed by atoms with Crippen LogP contribution in [-0.2, 0) is 11.2 Å². The van der Waals surface area contributed by atoms with Gasteiger partial charge in [-0.25, -0.2) is 4.79 Å². The molecule has 25 heavy (non-hydrogen) atoms. The first-order chi connectivity index (χ1) is 12.2. The van der Waals surface area contributed by atoms with Crippen LogP contribution in [0.2, 0.25) is 0 Å². The predicted molar refractivity (Wildman–Crippen MR) is 93.7 cm³/mol. The first-order valence-corrected chi connectivity index (χ1v) is 8.46. The Morgan fingerprint density at radius 2 is 2.16 bits per heavy atom. The Hall–Kier alpha value is -2.47. The number of rotatable bonds is 6. The minimum atomic E-state index is -0.318. The molecule has 0 saturated heterocycles. The minimum absolute atomic E-state index is 0.241. The van der Waals surface area contributed by atoms with E-state index < -0.39 is 0 Å². The van der Waals surface area contributed by atoms with Crippen LogP contribution in [0, 0.1) is 12.8 Å². The summed E-state index contributed by atoms with van der Waals surface area (Å²) >= 11 is 0. The molecule has 0 fully saturated rings. The number of urea groups is 1. The van der Waals surface area contributed by atoms with Crippen molar-refractivity contribution >= 4 is 6.03 Å². The van der Waals surface area contributed by atoms with Gasteiger partial charge in [0.1, 0.15) is 23.3 Å². The molecule has 1 aromatic carbocycles. The fourth-order valence-corrected chi connectivity index (χ4v) is 2.97. The number of furan rings is 1. The van der Waals surface area contributed by atoms with E-state index in [-0.39, 0.29) is 18.0 Å². The number of hydrogen-bond acceptors (Lipinski definition) is 4. The van der Waals surface area contributed by atoms with Gasteiger partial charge in [-0.3, -0.25) is 0 Å². The predicted octanol–water partition coefficient (Wildman–Crippen LogP) is 2.83. The molecule has 2 N–H and O–H groups in total. The Kier molecular flexibility index (Phi) is 5.60. The second-order valence-electron chi connectivity index (χ2n) is 6.30. The number of carbonyl (C=O) groups is 1. The summed E-state index contributed by atoms with van der Waals surface area (Å²) in [6.45, 7) is 3.38. The van der Waals surface area contributed by atoms with E-state index in [9.17, 15) is 4.79 Å². The number of nitrogens with one attached hydrogen (secondary N) is 2. The molecule has 0 spiro atoms. The van der Waals surface area contributed by atoms with Gasteiger partial charge in [-0.05, 0) is 37.1 Å². The smallest absolute Gasteiger partial charge is 0.315 e. The zero-order valence-electron chi connectivity index (χ0n) is 14.6. The summed E-state index contributed by atoms with van der Waals surface area (Å²) in [6, 6.07) is 11.2. The second-order valence-corrected chi connectivity index (χ2v) is 6.30. The number of ether oxygens (including phenoxy) is 2. The first kappa shape index (κ1) is 17.4. The number of hydrogen-bond donors (Lipinski definition) is 2. The molecule has 2 amide bonds. The van der Waals surface area contributed by atoms with Crippen LogP contribution < -0.4 is 15.4 Å². The first-order valence-electron chi connectivity index (χ1n) is 8.46. The molecule has 6 nitrogen and oxygen atoms in total. The molecule has 0 unspecified atom stereocenters. The monoisotopic (exact) mass is 344 g/mol. The molecule has 1 aromatic heterocycles. The van der Waals surface area contributed by atoms with Crippen LogP contribution in [-0.4, -0.2) is 32.9 Å². The van der Waals surface area contributed by atoms with Crippen LogP contribution in [0.3, 0.4) is 0 Å². The maximum Gasteiger partial charge on any atom is 0.315 e. The lowest BCUT2D eigenvalue weighted by Gasteiger charge is -2.25. The molecule has 0 aliphatic carbocycles. The molecule has 0 bridgehead atoms. The minimum Gasteiger partial charge on any atom is -0.493 e. The van der Waals surface area contributed by atoms with E-state index in [4.69, 9.17) is 13.9 Å². The number of methoxy groups -OCH3 is 1. The number of amides is 2. The molecule has 134 valence electrons. The van der Waals surface area contributed by atoms with E-state index in [1.165, 1.54) is 5.56 Å². The number of para-hydroxylation sites is 1. The highest BCUT2D eigenvalue weighted by Crippen LogP contribution is 2.26. The van der Waals surface area contributed by atoms with Crippen LogP contribution in [0.5, 0.6) is 5.75 Å². The topological polar surface area (TPSA) is 72.7 Å². The summed E-state index contributed by atoms with van der Waals surface area (Å²) in [7, 11) is 1.60. The highest BCUT2D eigenvalue weighted by molar-refractivity contribution is 5.74. The Bertz CT molecular complexity index is 713. The van der Waals surface area contributed by atoms with Crippen LogP contribution >= 0.6 is 0 Å². The van der Waals surface area contributed by atoms with Crippen molar-refractivity contribution in [3.63, 3.8) is 0 Å². The van der Waals surface area contributed by atoms with Gasteiger partial charge in [0, 0.05) is 19.6 Å². The maximum atomic E-state index is 12.2. The average Bonchev–Trinajstić information content (AvgIpc) is 3.06. The quantitative estimate of drug-likeness (QED) is 0.845. The van der Waals surface area contributed by atoms with Crippen molar-refractivity contribution < 1.29 is 18.7 Å². The van der Waals surface area contributed by atoms with Gasteiger partial charge in [-0.15, -0.1) is 0 Å². The van der Waals surface area contributed by atoms with Gasteiger partial charge in [0.05, 0.1) is 13.2 Å². The fraction of sp³-hybridized carbons (Fsp3) is 0.421. The standard InChI is InChI=1S/C19H24N2O4/c1-13-7-8-18(25-13)16(12-23-2)21-19(22)20-10-14-9-15-5-3-4-6-17(15)24-11-14/h3-8,14,16H,9-12H2,1-2H3,(H2,20,21,22)/t14-,16+/m0/s1. The van der Waals surface area contributed by atoms with Gasteiger partial charge < -0.3 is 24.5 Å². The van der Waals surface area contributed by atoms with Gasteiger partial charge in [-0.1, -0.05) is 18.2 Å². The Balaban J connectivity index is 1.50. The Labute approximate surface area is 147 Å². The molecule has 2 aromatic rings. The summed E-state index contributed by atoms with van der Waals surface area (Å²) in [5.74, 6) is 2.68. The number of aryl methyl sites for hydroxylation is 1. The third kappa shape index (κ3) is 4.54. The molecule has 3 rings (SSSR count). The number of benzene rings is 1. The maximum absolute atomic E-state index is 12.2. The van der Waals surface area contributed by atoms with Crippen molar-refractivity contribution in [2.24, 2.45) is 5.92 Å². The lowest BCUT2D eigenvalue weighted by atomic mass is 9.97. The molecule has 0 radical (unpaired) electrons. The molecule has 0 saturated carbocycles. The van der Waals surface area contributed by atoms with Crippen molar-refractivity contribution in [2.45, 2.75) is 19.4 Å². The van der Waals surface area contributed by atoms with Crippen LogP contribution in [0.25, 0.3) is 0 Å². The highest BCUT2D eigenvalue weighted by atomic mass is 16.5. The second kappa shape index (κ2) is 8.07. The van der Waals surface area contributed by atoms with Crippen molar-refractivity contribution in [1.82, 2.24) is 10.6 Å². The van der Waals surface area contributed by atoms with E-state index in [0.29, 0.717) is 25.5 Å². The van der Waals surface area contributed by atoms with Crippen molar-refractivity contribution in [3.05, 3.63) is 53.5 Å². The van der Waals surface area contributed by atoms with E-state index >= 15 is 0 Å². The summed E-state index contributed by atoms with van der Waals surface area (Å²) in [6.07, 6.45) is 0.898. The molecule has 1 aliphatic rings. The molecular formula is C19H24N2O4. The van der Waals surface area contributed by atoms with E-state index in [1.54, 1.807) is 7.11 Å². The number of fused-ring (bicyclic) bond motifs is 1. The van der Waals surface area contributed by atoms with Crippen LogP contribution in [0.1, 0.15) is 23.1 Å². The van der Waals surface area contributed by atoms with E-state index in [1.807, 2.05) is 37.3 Å². The fourth-order valence-electron chi connectivity index (χ4n) is 2.97. The largest absolute Gasteiger partial charge is 0.493 e. The van der Waals surface area contributed by atoms with Crippen molar-refractivity contribution in [3.8, 4) is 5.75 Å². The third-order valence-electron chi connectivity index (χ3n) is 4.25. The summed E-state index contributed by atoms with van der Waals surface area (Å²) < 4.78 is 16.5. The SMILES string of the molecule is COC[C@@H](NC(=O)NC[C@H]1COc2ccccc2C1)c1ccc(C)o1. The zero-order valence-corrected chi connectivity index (χ0v) is 14.6. The van der Waals surface area contributed by atoms with Gasteiger partial charge in [0.2, 0.25) is 0 Å². The molecule has 2 heterocycles. The van der Waals surface area contributed by atoms with Crippen molar-refractivity contribution in [2.75, 3.05) is 26.9 Å². The lowest BCUT2D eigenvalue weighted by molar-refractivity contribution is 0.155. The van der Waals surface area contributed by atoms with E-state index in [2.05, 4.69) is 16.7 Å². The molecular weight excluding hydrogens is 320 g/mol. The Morgan fingerprint density at radius 3 is 2.92 bits per heavy atom. The molecule has 2 atom stereocenters. The van der Waals surface area contributed by atoms with Gasteiger partial charge in [0.25, 0.3) is 0 Å². The normalized spacial score (nSPS) is 17.3.